The number of aliphatic hydroxyl groups is 1. The smallest absolute Gasteiger partial charge is 0.311 e. The van der Waals surface area contributed by atoms with Gasteiger partial charge in [0, 0.05) is 23.3 Å². The maximum Gasteiger partial charge on any atom is 0.311 e. The molecule has 6 nitrogen and oxygen atoms in total. The van der Waals surface area contributed by atoms with Crippen molar-refractivity contribution in [3.05, 3.63) is 69.3 Å². The molecule has 8 heteroatoms. The van der Waals surface area contributed by atoms with E-state index in [4.69, 9.17) is 4.74 Å². The molecule has 126 valence electrons. The highest BCUT2D eigenvalue weighted by Crippen LogP contribution is 2.29. The Balaban J connectivity index is 2.19. The number of benzene rings is 2. The fourth-order valence-corrected chi connectivity index (χ4v) is 2.03. The zero-order valence-electron chi connectivity index (χ0n) is 12.5. The van der Waals surface area contributed by atoms with E-state index in [0.29, 0.717) is 6.07 Å². The Morgan fingerprint density at radius 2 is 2.00 bits per heavy atom. The lowest BCUT2D eigenvalue weighted by atomic mass is 10.1. The molecule has 0 bridgehead atoms. The van der Waals surface area contributed by atoms with E-state index in [2.05, 4.69) is 0 Å². The molecule has 0 spiro atoms. The van der Waals surface area contributed by atoms with E-state index in [-0.39, 0.29) is 22.7 Å². The summed E-state index contributed by atoms with van der Waals surface area (Å²) >= 11 is 0. The number of ketones is 1. The largest absolute Gasteiger partial charge is 0.484 e. The Morgan fingerprint density at radius 3 is 2.58 bits per heavy atom. The number of rotatable bonds is 6. The lowest BCUT2D eigenvalue weighted by Gasteiger charge is -2.14. The van der Waals surface area contributed by atoms with Crippen molar-refractivity contribution in [2.45, 2.75) is 13.0 Å². The summed E-state index contributed by atoms with van der Waals surface area (Å²) in [6.45, 7) is 0.781. The molecule has 2 aromatic carbocycles. The molecule has 0 heterocycles. The van der Waals surface area contributed by atoms with Gasteiger partial charge in [-0.3, -0.25) is 14.9 Å². The van der Waals surface area contributed by atoms with E-state index in [1.807, 2.05) is 0 Å². The molecule has 0 aromatic heterocycles. The van der Waals surface area contributed by atoms with Gasteiger partial charge in [-0.05, 0) is 25.1 Å². The van der Waals surface area contributed by atoms with Crippen LogP contribution in [-0.4, -0.2) is 22.4 Å². The van der Waals surface area contributed by atoms with Crippen molar-refractivity contribution < 1.29 is 28.3 Å². The molecular formula is C16H13F2NO5. The van der Waals surface area contributed by atoms with E-state index < -0.39 is 35.0 Å². The van der Waals surface area contributed by atoms with Crippen molar-refractivity contribution in [1.82, 2.24) is 0 Å². The van der Waals surface area contributed by atoms with E-state index in [0.717, 1.165) is 18.2 Å². The van der Waals surface area contributed by atoms with Crippen LogP contribution in [0.15, 0.2) is 36.4 Å². The van der Waals surface area contributed by atoms with Crippen LogP contribution in [0.5, 0.6) is 5.75 Å². The normalized spacial score (nSPS) is 11.8. The SMILES string of the molecule is CC(=O)c1ccc(OCC(O)c2ccc(F)cc2F)c([N+](=O)[O-])c1. The zero-order chi connectivity index (χ0) is 17.9. The van der Waals surface area contributed by atoms with Gasteiger partial charge in [-0.2, -0.15) is 0 Å². The first-order chi connectivity index (χ1) is 11.3. The third-order valence-corrected chi connectivity index (χ3v) is 3.28. The lowest BCUT2D eigenvalue weighted by molar-refractivity contribution is -0.386. The summed E-state index contributed by atoms with van der Waals surface area (Å²) in [5.74, 6) is -2.27. The van der Waals surface area contributed by atoms with Crippen LogP contribution < -0.4 is 4.74 Å². The van der Waals surface area contributed by atoms with Crippen molar-refractivity contribution in [3.8, 4) is 5.75 Å². The first-order valence-electron chi connectivity index (χ1n) is 6.84. The van der Waals surface area contributed by atoms with Crippen molar-refractivity contribution in [2.24, 2.45) is 0 Å². The number of halogens is 2. The first kappa shape index (κ1) is 17.5. The molecule has 1 unspecified atom stereocenters. The summed E-state index contributed by atoms with van der Waals surface area (Å²) < 4.78 is 31.6. The molecule has 0 radical (unpaired) electrons. The van der Waals surface area contributed by atoms with Crippen LogP contribution in [0.3, 0.4) is 0 Å². The summed E-state index contributed by atoms with van der Waals surface area (Å²) in [6.07, 6.45) is -1.45. The molecule has 0 amide bonds. The van der Waals surface area contributed by atoms with Gasteiger partial charge in [0.05, 0.1) is 4.92 Å². The van der Waals surface area contributed by atoms with Crippen molar-refractivity contribution in [2.75, 3.05) is 6.61 Å². The fourth-order valence-electron chi connectivity index (χ4n) is 2.03. The third kappa shape index (κ3) is 3.90. The summed E-state index contributed by atoms with van der Waals surface area (Å²) in [7, 11) is 0. The number of ether oxygens (including phenoxy) is 1. The molecular weight excluding hydrogens is 324 g/mol. The number of hydrogen-bond donors (Lipinski definition) is 1. The molecule has 1 N–H and O–H groups in total. The maximum absolute atomic E-state index is 13.6. The van der Waals surface area contributed by atoms with Gasteiger partial charge in [-0.15, -0.1) is 0 Å². The van der Waals surface area contributed by atoms with Gasteiger partial charge >= 0.3 is 5.69 Å². The molecule has 0 aliphatic carbocycles. The van der Waals surface area contributed by atoms with Crippen LogP contribution in [0, 0.1) is 21.7 Å². The highest BCUT2D eigenvalue weighted by Gasteiger charge is 2.20. The van der Waals surface area contributed by atoms with E-state index in [1.54, 1.807) is 0 Å². The highest BCUT2D eigenvalue weighted by molar-refractivity contribution is 5.95. The number of nitrogens with zero attached hydrogens (tertiary/aromatic N) is 1. The van der Waals surface area contributed by atoms with Gasteiger partial charge in [0.25, 0.3) is 0 Å². The molecule has 0 saturated carbocycles. The highest BCUT2D eigenvalue weighted by atomic mass is 19.1. The van der Waals surface area contributed by atoms with Crippen molar-refractivity contribution in [1.29, 1.82) is 0 Å². The van der Waals surface area contributed by atoms with Gasteiger partial charge in [-0.1, -0.05) is 6.07 Å². The standard InChI is InChI=1S/C16H13F2NO5/c1-9(20)10-2-5-16(14(6-10)19(22)23)24-8-15(21)12-4-3-11(17)7-13(12)18/h2-7,15,21H,8H2,1H3. The van der Waals surface area contributed by atoms with Crippen LogP contribution in [0.2, 0.25) is 0 Å². The number of nitro groups is 1. The number of carbonyl (C=O) groups is 1. The molecule has 0 saturated heterocycles. The predicted octanol–water partition coefficient (Wildman–Crippen LogP) is 3.19. The Hall–Kier alpha value is -2.87. The van der Waals surface area contributed by atoms with Crippen LogP contribution in [-0.2, 0) is 0 Å². The fraction of sp³-hybridized carbons (Fsp3) is 0.188. The van der Waals surface area contributed by atoms with Crippen LogP contribution in [0.1, 0.15) is 28.9 Å². The Bertz CT molecular complexity index is 794. The quantitative estimate of drug-likeness (QED) is 0.497. The number of Topliss-reactive ketones (excluding diaryl/α,β-unsaturated/α-hetero) is 1. The topological polar surface area (TPSA) is 89.7 Å². The Kier molecular flexibility index (Phi) is 5.20. The Morgan fingerprint density at radius 1 is 1.29 bits per heavy atom. The second-order valence-corrected chi connectivity index (χ2v) is 4.99. The number of aliphatic hydroxyl groups excluding tert-OH is 1. The minimum atomic E-state index is -1.45. The monoisotopic (exact) mass is 337 g/mol. The second kappa shape index (κ2) is 7.14. The zero-order valence-corrected chi connectivity index (χ0v) is 12.5. The van der Waals surface area contributed by atoms with E-state index >= 15 is 0 Å². The minimum Gasteiger partial charge on any atom is -0.484 e. The molecule has 0 aliphatic rings. The maximum atomic E-state index is 13.6. The Labute approximate surface area is 135 Å². The van der Waals surface area contributed by atoms with Gasteiger partial charge in [0.1, 0.15) is 24.3 Å². The second-order valence-electron chi connectivity index (χ2n) is 4.99. The summed E-state index contributed by atoms with van der Waals surface area (Å²) in [4.78, 5) is 21.6. The average Bonchev–Trinajstić information content (AvgIpc) is 2.52. The number of carbonyl (C=O) groups excluding carboxylic acids is 1. The molecule has 1 atom stereocenters. The van der Waals surface area contributed by atoms with Crippen LogP contribution in [0.25, 0.3) is 0 Å². The molecule has 24 heavy (non-hydrogen) atoms. The van der Waals surface area contributed by atoms with Crippen LogP contribution >= 0.6 is 0 Å². The van der Waals surface area contributed by atoms with E-state index in [1.165, 1.54) is 19.1 Å². The molecule has 2 aromatic rings. The minimum absolute atomic E-state index is 0.138. The van der Waals surface area contributed by atoms with Crippen molar-refractivity contribution in [3.63, 3.8) is 0 Å². The van der Waals surface area contributed by atoms with Gasteiger partial charge in [-0.25, -0.2) is 8.78 Å². The van der Waals surface area contributed by atoms with E-state index in [9.17, 15) is 28.8 Å². The van der Waals surface area contributed by atoms with Gasteiger partial charge in [0.2, 0.25) is 0 Å². The van der Waals surface area contributed by atoms with Crippen molar-refractivity contribution >= 4 is 11.5 Å². The number of hydrogen-bond acceptors (Lipinski definition) is 5. The summed E-state index contributed by atoms with van der Waals surface area (Å²) in [6, 6.07) is 6.28. The van der Waals surface area contributed by atoms with Crippen LogP contribution in [0.4, 0.5) is 14.5 Å². The average molecular weight is 337 g/mol. The third-order valence-electron chi connectivity index (χ3n) is 3.28. The molecule has 0 aliphatic heterocycles. The predicted molar refractivity (Wildman–Crippen MR) is 79.9 cm³/mol. The number of nitro benzene ring substituents is 1. The first-order valence-corrected chi connectivity index (χ1v) is 6.84. The molecule has 2 rings (SSSR count). The van der Waals surface area contributed by atoms with Gasteiger partial charge < -0.3 is 9.84 Å². The summed E-state index contributed by atoms with van der Waals surface area (Å²) in [5.41, 5.74) is -0.506. The summed E-state index contributed by atoms with van der Waals surface area (Å²) in [5, 5.41) is 21.0. The van der Waals surface area contributed by atoms with Gasteiger partial charge in [0.15, 0.2) is 11.5 Å². The molecule has 0 fully saturated rings. The lowest BCUT2D eigenvalue weighted by Crippen LogP contribution is -2.12.